The molecule has 0 heterocycles. The summed E-state index contributed by atoms with van der Waals surface area (Å²) in [6.07, 6.45) is 2.49. The lowest BCUT2D eigenvalue weighted by Crippen LogP contribution is -2.41. The lowest BCUT2D eigenvalue weighted by atomic mass is 10.1. The predicted octanol–water partition coefficient (Wildman–Crippen LogP) is 3.07. The average Bonchev–Trinajstić information content (AvgIpc) is 2.38. The Labute approximate surface area is 127 Å². The van der Waals surface area contributed by atoms with Crippen LogP contribution in [0.3, 0.4) is 0 Å². The Morgan fingerprint density at radius 1 is 1.35 bits per heavy atom. The fourth-order valence-corrected chi connectivity index (χ4v) is 1.94. The lowest BCUT2D eigenvalue weighted by molar-refractivity contribution is -0.141. The van der Waals surface area contributed by atoms with E-state index >= 15 is 0 Å². The van der Waals surface area contributed by atoms with E-state index in [9.17, 15) is 9.59 Å². The van der Waals surface area contributed by atoms with Crippen molar-refractivity contribution in [1.82, 2.24) is 5.32 Å². The highest BCUT2D eigenvalue weighted by atomic mass is 35.5. The van der Waals surface area contributed by atoms with Gasteiger partial charge in [-0.3, -0.25) is 4.79 Å². The average molecular weight is 316 g/mol. The van der Waals surface area contributed by atoms with Crippen molar-refractivity contribution in [2.75, 3.05) is 0 Å². The van der Waals surface area contributed by atoms with Gasteiger partial charge in [-0.1, -0.05) is 35.3 Å². The Balaban J connectivity index is 2.62. The van der Waals surface area contributed by atoms with Crippen molar-refractivity contribution in [2.24, 2.45) is 0 Å². The largest absolute Gasteiger partial charge is 0.480 e. The predicted molar refractivity (Wildman–Crippen MR) is 79.2 cm³/mol. The highest BCUT2D eigenvalue weighted by molar-refractivity contribution is 6.42. The van der Waals surface area contributed by atoms with Crippen molar-refractivity contribution < 1.29 is 14.7 Å². The summed E-state index contributed by atoms with van der Waals surface area (Å²) in [4.78, 5) is 22.8. The molecule has 6 heteroatoms. The minimum absolute atomic E-state index is 0.0504. The maximum atomic E-state index is 11.8. The van der Waals surface area contributed by atoms with Gasteiger partial charge in [0, 0.05) is 0 Å². The van der Waals surface area contributed by atoms with Gasteiger partial charge >= 0.3 is 5.97 Å². The van der Waals surface area contributed by atoms with Crippen molar-refractivity contribution in [3.8, 4) is 0 Å². The Morgan fingerprint density at radius 2 is 2.05 bits per heavy atom. The number of carboxylic acids is 1. The van der Waals surface area contributed by atoms with Crippen LogP contribution < -0.4 is 5.32 Å². The van der Waals surface area contributed by atoms with Gasteiger partial charge in [0.1, 0.15) is 6.04 Å². The van der Waals surface area contributed by atoms with Crippen LogP contribution >= 0.6 is 23.2 Å². The number of carboxylic acid groups (broad SMARTS) is 1. The van der Waals surface area contributed by atoms with Crippen LogP contribution in [0.25, 0.3) is 0 Å². The lowest BCUT2D eigenvalue weighted by Gasteiger charge is -2.13. The molecule has 1 aromatic rings. The normalized spacial score (nSPS) is 11.7. The third-order valence-corrected chi connectivity index (χ3v) is 3.38. The van der Waals surface area contributed by atoms with Gasteiger partial charge in [0.05, 0.1) is 16.5 Å². The minimum atomic E-state index is -1.06. The Bertz CT molecular complexity index is 517. The van der Waals surface area contributed by atoms with Crippen molar-refractivity contribution >= 4 is 35.1 Å². The summed E-state index contributed by atoms with van der Waals surface area (Å²) < 4.78 is 0. The molecular formula is C14H15Cl2NO3. The van der Waals surface area contributed by atoms with Crippen LogP contribution in [0.15, 0.2) is 30.9 Å². The number of hydrogen-bond donors (Lipinski definition) is 2. The van der Waals surface area contributed by atoms with Crippen molar-refractivity contribution in [2.45, 2.75) is 25.3 Å². The Hall–Kier alpha value is -1.52. The topological polar surface area (TPSA) is 66.4 Å². The number of carbonyl (C=O) groups excluding carboxylic acids is 1. The smallest absolute Gasteiger partial charge is 0.326 e. The Kier molecular flexibility index (Phi) is 6.55. The number of amides is 1. The van der Waals surface area contributed by atoms with Gasteiger partial charge in [0.25, 0.3) is 0 Å². The standard InChI is InChI=1S/C14H15Cl2NO3/c1-2-3-4-12(14(19)20)17-13(18)8-9-5-6-10(15)11(16)7-9/h2,5-7,12H,1,3-4,8H2,(H,17,18)(H,19,20). The molecular weight excluding hydrogens is 301 g/mol. The molecule has 1 atom stereocenters. The molecule has 0 saturated carbocycles. The second-order valence-electron chi connectivity index (χ2n) is 4.25. The molecule has 0 saturated heterocycles. The SMILES string of the molecule is C=CCCC(NC(=O)Cc1ccc(Cl)c(Cl)c1)C(=O)O. The van der Waals surface area contributed by atoms with Crippen LogP contribution in [-0.2, 0) is 16.0 Å². The van der Waals surface area contributed by atoms with E-state index in [1.165, 1.54) is 0 Å². The summed E-state index contributed by atoms with van der Waals surface area (Å²) >= 11 is 11.6. The summed E-state index contributed by atoms with van der Waals surface area (Å²) in [6.45, 7) is 3.52. The first-order valence-electron chi connectivity index (χ1n) is 6.01. The molecule has 1 unspecified atom stereocenters. The molecule has 1 rings (SSSR count). The molecule has 0 aliphatic heterocycles. The van der Waals surface area contributed by atoms with Gasteiger partial charge in [-0.25, -0.2) is 4.79 Å². The molecule has 20 heavy (non-hydrogen) atoms. The zero-order valence-electron chi connectivity index (χ0n) is 10.7. The maximum absolute atomic E-state index is 11.8. The van der Waals surface area contributed by atoms with E-state index in [2.05, 4.69) is 11.9 Å². The van der Waals surface area contributed by atoms with Gasteiger partial charge in [0.2, 0.25) is 5.91 Å². The second kappa shape index (κ2) is 7.92. The number of benzene rings is 1. The first-order valence-corrected chi connectivity index (χ1v) is 6.76. The van der Waals surface area contributed by atoms with E-state index in [0.717, 1.165) is 0 Å². The molecule has 0 aliphatic carbocycles. The van der Waals surface area contributed by atoms with E-state index in [-0.39, 0.29) is 12.3 Å². The number of hydrogen-bond acceptors (Lipinski definition) is 2. The quantitative estimate of drug-likeness (QED) is 0.760. The number of nitrogens with one attached hydrogen (secondary N) is 1. The van der Waals surface area contributed by atoms with E-state index in [0.29, 0.717) is 28.5 Å². The van der Waals surface area contributed by atoms with Gasteiger partial charge in [-0.05, 0) is 30.5 Å². The van der Waals surface area contributed by atoms with Crippen molar-refractivity contribution in [3.05, 3.63) is 46.5 Å². The highest BCUT2D eigenvalue weighted by Gasteiger charge is 2.19. The van der Waals surface area contributed by atoms with Crippen LogP contribution in [0.2, 0.25) is 10.0 Å². The number of aliphatic carboxylic acids is 1. The number of allylic oxidation sites excluding steroid dienone is 1. The monoisotopic (exact) mass is 315 g/mol. The molecule has 0 aromatic heterocycles. The maximum Gasteiger partial charge on any atom is 0.326 e. The summed E-state index contributed by atoms with van der Waals surface area (Å²) in [7, 11) is 0. The number of rotatable bonds is 7. The molecule has 0 bridgehead atoms. The van der Waals surface area contributed by atoms with Crippen molar-refractivity contribution in [3.63, 3.8) is 0 Å². The fraction of sp³-hybridized carbons (Fsp3) is 0.286. The molecule has 0 radical (unpaired) electrons. The van der Waals surface area contributed by atoms with Crippen LogP contribution in [-0.4, -0.2) is 23.0 Å². The molecule has 0 fully saturated rings. The Morgan fingerprint density at radius 3 is 2.60 bits per heavy atom. The van der Waals surface area contributed by atoms with E-state index in [4.69, 9.17) is 28.3 Å². The molecule has 108 valence electrons. The number of carbonyl (C=O) groups is 2. The summed E-state index contributed by atoms with van der Waals surface area (Å²) in [5, 5.41) is 12.2. The van der Waals surface area contributed by atoms with Crippen LogP contribution in [0.5, 0.6) is 0 Å². The molecule has 0 aliphatic rings. The first kappa shape index (κ1) is 16.5. The number of halogens is 2. The zero-order chi connectivity index (χ0) is 15.1. The van der Waals surface area contributed by atoms with E-state index in [1.54, 1.807) is 24.3 Å². The highest BCUT2D eigenvalue weighted by Crippen LogP contribution is 2.22. The summed E-state index contributed by atoms with van der Waals surface area (Å²) in [5.74, 6) is -1.44. The third-order valence-electron chi connectivity index (χ3n) is 2.64. The third kappa shape index (κ3) is 5.23. The van der Waals surface area contributed by atoms with Crippen LogP contribution in [0, 0.1) is 0 Å². The van der Waals surface area contributed by atoms with E-state index < -0.39 is 12.0 Å². The molecule has 2 N–H and O–H groups in total. The van der Waals surface area contributed by atoms with Crippen LogP contribution in [0.4, 0.5) is 0 Å². The summed E-state index contributed by atoms with van der Waals surface area (Å²) in [6, 6.07) is 3.94. The van der Waals surface area contributed by atoms with Crippen molar-refractivity contribution in [1.29, 1.82) is 0 Å². The molecule has 0 spiro atoms. The van der Waals surface area contributed by atoms with Gasteiger partial charge in [0.15, 0.2) is 0 Å². The molecule has 4 nitrogen and oxygen atoms in total. The first-order chi connectivity index (χ1) is 9.43. The summed E-state index contributed by atoms with van der Waals surface area (Å²) in [5.41, 5.74) is 0.671. The minimum Gasteiger partial charge on any atom is -0.480 e. The molecule has 1 aromatic carbocycles. The fourth-order valence-electron chi connectivity index (χ4n) is 1.62. The second-order valence-corrected chi connectivity index (χ2v) is 5.06. The van der Waals surface area contributed by atoms with Gasteiger partial charge < -0.3 is 10.4 Å². The van der Waals surface area contributed by atoms with Gasteiger partial charge in [-0.15, -0.1) is 6.58 Å². The molecule has 1 amide bonds. The van der Waals surface area contributed by atoms with Gasteiger partial charge in [-0.2, -0.15) is 0 Å². The van der Waals surface area contributed by atoms with E-state index in [1.807, 2.05) is 0 Å². The van der Waals surface area contributed by atoms with Crippen LogP contribution in [0.1, 0.15) is 18.4 Å². The zero-order valence-corrected chi connectivity index (χ0v) is 12.2.